The summed E-state index contributed by atoms with van der Waals surface area (Å²) in [5.74, 6) is -0.946. The molecule has 0 aliphatic carbocycles. The normalized spacial score (nSPS) is 13.4. The Bertz CT molecular complexity index is 664. The van der Waals surface area contributed by atoms with Crippen LogP contribution in [0.25, 0.3) is 11.1 Å². The standard InChI is InChI=1S/C17H16Cl2FNO2/c1-23-17(22)16(20)15(21-19)9-11-5-7-12(8-6-11)13-3-2-4-14(18)10-13/h2-8,10,15-16,21H,9H2,1H3/t15-,16-/m1/s1. The Labute approximate surface area is 144 Å². The van der Waals surface area contributed by atoms with Gasteiger partial charge in [0.2, 0.25) is 6.17 Å². The number of esters is 1. The van der Waals surface area contributed by atoms with Crippen molar-refractivity contribution in [1.82, 2.24) is 4.84 Å². The summed E-state index contributed by atoms with van der Waals surface area (Å²) in [4.78, 5) is 13.6. The smallest absolute Gasteiger partial charge is 0.342 e. The van der Waals surface area contributed by atoms with Gasteiger partial charge in [0.1, 0.15) is 0 Å². The number of nitrogens with one attached hydrogen (secondary N) is 1. The van der Waals surface area contributed by atoms with Gasteiger partial charge in [0, 0.05) is 5.02 Å². The van der Waals surface area contributed by atoms with Crippen molar-refractivity contribution in [2.24, 2.45) is 0 Å². The number of hydrogen-bond donors (Lipinski definition) is 1. The lowest BCUT2D eigenvalue weighted by molar-refractivity contribution is -0.147. The molecular weight excluding hydrogens is 340 g/mol. The van der Waals surface area contributed by atoms with Crippen LogP contribution in [-0.4, -0.2) is 25.3 Å². The predicted octanol–water partition coefficient (Wildman–Crippen LogP) is 4.17. The second-order valence-electron chi connectivity index (χ2n) is 5.05. The first kappa shape index (κ1) is 17.7. The monoisotopic (exact) mass is 355 g/mol. The molecule has 2 aromatic rings. The maximum absolute atomic E-state index is 13.9. The average Bonchev–Trinajstić information content (AvgIpc) is 2.59. The summed E-state index contributed by atoms with van der Waals surface area (Å²) in [5, 5.41) is 0.663. The van der Waals surface area contributed by atoms with E-state index in [1.54, 1.807) is 0 Å². The van der Waals surface area contributed by atoms with E-state index in [0.717, 1.165) is 23.8 Å². The van der Waals surface area contributed by atoms with Crippen LogP contribution in [0, 0.1) is 0 Å². The lowest BCUT2D eigenvalue weighted by Crippen LogP contribution is -2.39. The van der Waals surface area contributed by atoms with E-state index in [0.29, 0.717) is 5.02 Å². The van der Waals surface area contributed by atoms with Crippen molar-refractivity contribution in [3.8, 4) is 11.1 Å². The Balaban J connectivity index is 2.11. The highest BCUT2D eigenvalue weighted by atomic mass is 35.5. The molecule has 2 aromatic carbocycles. The van der Waals surface area contributed by atoms with E-state index in [2.05, 4.69) is 9.57 Å². The van der Waals surface area contributed by atoms with Gasteiger partial charge < -0.3 is 4.74 Å². The fourth-order valence-corrected chi connectivity index (χ4v) is 2.61. The van der Waals surface area contributed by atoms with Crippen LogP contribution in [0.5, 0.6) is 0 Å². The second-order valence-corrected chi connectivity index (χ2v) is 5.71. The molecule has 0 saturated heterocycles. The van der Waals surface area contributed by atoms with Crippen LogP contribution in [-0.2, 0) is 16.0 Å². The summed E-state index contributed by atoms with van der Waals surface area (Å²) in [6, 6.07) is 14.2. The number of rotatable bonds is 6. The molecule has 122 valence electrons. The Morgan fingerprint density at radius 1 is 1.22 bits per heavy atom. The van der Waals surface area contributed by atoms with Crippen molar-refractivity contribution in [3.63, 3.8) is 0 Å². The molecule has 0 bridgehead atoms. The van der Waals surface area contributed by atoms with Gasteiger partial charge >= 0.3 is 5.97 Å². The zero-order valence-corrected chi connectivity index (χ0v) is 13.9. The number of carbonyl (C=O) groups is 1. The van der Waals surface area contributed by atoms with Gasteiger partial charge in [-0.25, -0.2) is 14.0 Å². The predicted molar refractivity (Wildman–Crippen MR) is 90.3 cm³/mol. The Hall–Kier alpha value is -1.62. The molecule has 0 amide bonds. The molecule has 0 saturated carbocycles. The van der Waals surface area contributed by atoms with E-state index in [1.807, 2.05) is 48.5 Å². The fraction of sp³-hybridized carbons (Fsp3) is 0.235. The molecule has 3 nitrogen and oxygen atoms in total. The van der Waals surface area contributed by atoms with Crippen LogP contribution in [0.1, 0.15) is 5.56 Å². The molecule has 1 N–H and O–H groups in total. The Morgan fingerprint density at radius 3 is 2.48 bits per heavy atom. The lowest BCUT2D eigenvalue weighted by Gasteiger charge is -2.17. The van der Waals surface area contributed by atoms with E-state index in [9.17, 15) is 9.18 Å². The van der Waals surface area contributed by atoms with Crippen LogP contribution in [0.15, 0.2) is 48.5 Å². The van der Waals surface area contributed by atoms with Crippen LogP contribution in [0.3, 0.4) is 0 Å². The first-order valence-electron chi connectivity index (χ1n) is 6.98. The number of hydrogen-bond acceptors (Lipinski definition) is 3. The van der Waals surface area contributed by atoms with Gasteiger partial charge in [-0.1, -0.05) is 48.0 Å². The molecule has 0 heterocycles. The van der Waals surface area contributed by atoms with Gasteiger partial charge in [0.25, 0.3) is 0 Å². The van der Waals surface area contributed by atoms with E-state index in [4.69, 9.17) is 23.4 Å². The second kappa shape index (κ2) is 8.29. The Kier molecular flexibility index (Phi) is 6.39. The molecule has 0 aromatic heterocycles. The minimum atomic E-state index is -1.83. The lowest BCUT2D eigenvalue weighted by atomic mass is 9.99. The van der Waals surface area contributed by atoms with Gasteiger partial charge in [-0.05, 0) is 47.0 Å². The summed E-state index contributed by atoms with van der Waals surface area (Å²) in [6.45, 7) is 0. The summed E-state index contributed by atoms with van der Waals surface area (Å²) in [6.07, 6.45) is -1.57. The summed E-state index contributed by atoms with van der Waals surface area (Å²) in [5.41, 5.74) is 2.84. The van der Waals surface area contributed by atoms with E-state index in [-0.39, 0.29) is 6.42 Å². The zero-order valence-electron chi connectivity index (χ0n) is 12.4. The van der Waals surface area contributed by atoms with E-state index in [1.165, 1.54) is 0 Å². The number of benzene rings is 2. The van der Waals surface area contributed by atoms with Crippen molar-refractivity contribution in [2.75, 3.05) is 7.11 Å². The topological polar surface area (TPSA) is 38.3 Å². The third-order valence-electron chi connectivity index (χ3n) is 3.49. The van der Waals surface area contributed by atoms with Gasteiger partial charge in [0.05, 0.1) is 13.2 Å². The molecule has 2 atom stereocenters. The van der Waals surface area contributed by atoms with Crippen molar-refractivity contribution in [1.29, 1.82) is 0 Å². The van der Waals surface area contributed by atoms with Crippen molar-refractivity contribution >= 4 is 29.3 Å². The summed E-state index contributed by atoms with van der Waals surface area (Å²) >= 11 is 11.5. The molecule has 0 aliphatic rings. The number of alkyl halides is 1. The van der Waals surface area contributed by atoms with Crippen LogP contribution in [0.4, 0.5) is 4.39 Å². The molecule has 0 aliphatic heterocycles. The van der Waals surface area contributed by atoms with Gasteiger partial charge in [-0.2, -0.15) is 0 Å². The number of methoxy groups -OCH3 is 1. The number of ether oxygens (including phenoxy) is 1. The maximum atomic E-state index is 13.9. The highest BCUT2D eigenvalue weighted by Crippen LogP contribution is 2.23. The van der Waals surface area contributed by atoms with Gasteiger partial charge in [-0.15, -0.1) is 0 Å². The molecule has 0 fully saturated rings. The van der Waals surface area contributed by atoms with Crippen molar-refractivity contribution < 1.29 is 13.9 Å². The first-order valence-corrected chi connectivity index (χ1v) is 7.73. The molecule has 23 heavy (non-hydrogen) atoms. The first-order chi connectivity index (χ1) is 11.0. The van der Waals surface area contributed by atoms with Gasteiger partial charge in [0.15, 0.2) is 0 Å². The van der Waals surface area contributed by atoms with E-state index < -0.39 is 18.2 Å². The highest BCUT2D eigenvalue weighted by molar-refractivity contribution is 6.30. The van der Waals surface area contributed by atoms with Gasteiger partial charge in [-0.3, -0.25) is 0 Å². The molecule has 2 rings (SSSR count). The van der Waals surface area contributed by atoms with Crippen LogP contribution < -0.4 is 4.84 Å². The minimum Gasteiger partial charge on any atom is -0.467 e. The third kappa shape index (κ3) is 4.67. The molecule has 0 unspecified atom stereocenters. The quantitative estimate of drug-likeness (QED) is 0.624. The highest BCUT2D eigenvalue weighted by Gasteiger charge is 2.28. The Morgan fingerprint density at radius 2 is 1.91 bits per heavy atom. The minimum absolute atomic E-state index is 0.260. The SMILES string of the molecule is COC(=O)[C@H](F)[C@@H](Cc1ccc(-c2cccc(Cl)c2)cc1)NCl. The molecule has 0 spiro atoms. The molecule has 6 heteroatoms. The molecular formula is C17H16Cl2FNO2. The van der Waals surface area contributed by atoms with Crippen molar-refractivity contribution in [3.05, 3.63) is 59.1 Å². The average molecular weight is 356 g/mol. The number of halogens is 3. The van der Waals surface area contributed by atoms with Crippen molar-refractivity contribution in [2.45, 2.75) is 18.6 Å². The zero-order chi connectivity index (χ0) is 16.8. The summed E-state index contributed by atoms with van der Waals surface area (Å²) < 4.78 is 18.3. The van der Waals surface area contributed by atoms with E-state index >= 15 is 0 Å². The number of carbonyl (C=O) groups excluding carboxylic acids is 1. The largest absolute Gasteiger partial charge is 0.467 e. The van der Waals surface area contributed by atoms with Crippen LogP contribution in [0.2, 0.25) is 5.02 Å². The maximum Gasteiger partial charge on any atom is 0.342 e. The fourth-order valence-electron chi connectivity index (χ4n) is 2.23. The third-order valence-corrected chi connectivity index (χ3v) is 4.00. The summed E-state index contributed by atoms with van der Waals surface area (Å²) in [7, 11) is 1.14. The molecule has 0 radical (unpaired) electrons. The van der Waals surface area contributed by atoms with Crippen LogP contribution >= 0.6 is 23.4 Å².